The van der Waals surface area contributed by atoms with Gasteiger partial charge in [-0.15, -0.1) is 0 Å². The SMILES string of the molecule is CCCCC1CCC(C(O)Cc2ccc(CC)cc2)CC1. The third-order valence-electron chi connectivity index (χ3n) is 5.28. The zero-order valence-electron chi connectivity index (χ0n) is 13.9. The topological polar surface area (TPSA) is 20.2 Å². The minimum absolute atomic E-state index is 0.149. The van der Waals surface area contributed by atoms with E-state index in [0.29, 0.717) is 5.92 Å². The van der Waals surface area contributed by atoms with Crippen molar-refractivity contribution in [3.8, 4) is 0 Å². The van der Waals surface area contributed by atoms with Gasteiger partial charge in [-0.2, -0.15) is 0 Å². The van der Waals surface area contributed by atoms with Gasteiger partial charge in [-0.25, -0.2) is 0 Å². The van der Waals surface area contributed by atoms with Crippen LogP contribution in [-0.4, -0.2) is 11.2 Å². The molecule has 1 fully saturated rings. The third kappa shape index (κ3) is 5.14. The molecule has 0 aliphatic heterocycles. The number of hydrogen-bond donors (Lipinski definition) is 1. The summed E-state index contributed by atoms with van der Waals surface area (Å²) in [5, 5.41) is 10.5. The molecule has 0 amide bonds. The maximum atomic E-state index is 10.5. The second-order valence-electron chi connectivity index (χ2n) is 6.86. The van der Waals surface area contributed by atoms with Gasteiger partial charge in [0.2, 0.25) is 0 Å². The van der Waals surface area contributed by atoms with Gasteiger partial charge in [0, 0.05) is 0 Å². The summed E-state index contributed by atoms with van der Waals surface area (Å²) in [5.74, 6) is 1.45. The van der Waals surface area contributed by atoms with Crippen molar-refractivity contribution in [2.75, 3.05) is 0 Å². The standard InChI is InChI=1S/C20H32O/c1-3-5-6-17-11-13-19(14-12-17)20(21)15-18-9-7-16(4-2)8-10-18/h7-10,17,19-21H,3-6,11-15H2,1-2H3. The van der Waals surface area contributed by atoms with Gasteiger partial charge in [0.15, 0.2) is 0 Å². The van der Waals surface area contributed by atoms with Crippen molar-refractivity contribution >= 4 is 0 Å². The van der Waals surface area contributed by atoms with Crippen LogP contribution in [0.1, 0.15) is 69.9 Å². The highest BCUT2D eigenvalue weighted by molar-refractivity contribution is 5.23. The molecule has 1 aliphatic rings. The predicted octanol–water partition coefficient (Wildman–Crippen LogP) is 5.15. The first-order valence-corrected chi connectivity index (χ1v) is 8.98. The first-order chi connectivity index (χ1) is 10.2. The molecule has 1 heteroatoms. The fourth-order valence-electron chi connectivity index (χ4n) is 3.67. The number of unbranched alkanes of at least 4 members (excludes halogenated alkanes) is 1. The molecule has 0 radical (unpaired) electrons. The van der Waals surface area contributed by atoms with Crippen molar-refractivity contribution in [1.82, 2.24) is 0 Å². The number of rotatable bonds is 7. The summed E-state index contributed by atoms with van der Waals surface area (Å²) in [6, 6.07) is 8.78. The van der Waals surface area contributed by atoms with E-state index >= 15 is 0 Å². The lowest BCUT2D eigenvalue weighted by Gasteiger charge is -2.31. The Morgan fingerprint density at radius 2 is 1.62 bits per heavy atom. The van der Waals surface area contributed by atoms with E-state index in [1.807, 2.05) is 0 Å². The van der Waals surface area contributed by atoms with Crippen LogP contribution < -0.4 is 0 Å². The van der Waals surface area contributed by atoms with Gasteiger partial charge >= 0.3 is 0 Å². The van der Waals surface area contributed by atoms with Crippen molar-refractivity contribution in [3.63, 3.8) is 0 Å². The molecule has 0 saturated heterocycles. The van der Waals surface area contributed by atoms with Crippen molar-refractivity contribution in [1.29, 1.82) is 0 Å². The van der Waals surface area contributed by atoms with Gasteiger partial charge in [0.1, 0.15) is 0 Å². The van der Waals surface area contributed by atoms with Crippen LogP contribution in [0.15, 0.2) is 24.3 Å². The Morgan fingerprint density at radius 1 is 1.00 bits per heavy atom. The maximum Gasteiger partial charge on any atom is 0.0608 e. The van der Waals surface area contributed by atoms with Crippen LogP contribution in [-0.2, 0) is 12.8 Å². The molecular weight excluding hydrogens is 256 g/mol. The van der Waals surface area contributed by atoms with E-state index in [-0.39, 0.29) is 6.10 Å². The Labute approximate surface area is 130 Å². The molecule has 21 heavy (non-hydrogen) atoms. The third-order valence-corrected chi connectivity index (χ3v) is 5.28. The number of aryl methyl sites for hydroxylation is 1. The molecule has 1 saturated carbocycles. The fraction of sp³-hybridized carbons (Fsp3) is 0.700. The highest BCUT2D eigenvalue weighted by Gasteiger charge is 2.26. The lowest BCUT2D eigenvalue weighted by atomic mass is 9.76. The van der Waals surface area contributed by atoms with E-state index in [0.717, 1.165) is 18.8 Å². The predicted molar refractivity (Wildman–Crippen MR) is 90.5 cm³/mol. The van der Waals surface area contributed by atoms with E-state index < -0.39 is 0 Å². The molecule has 2 rings (SSSR count). The molecule has 118 valence electrons. The highest BCUT2D eigenvalue weighted by atomic mass is 16.3. The first-order valence-electron chi connectivity index (χ1n) is 8.98. The minimum atomic E-state index is -0.149. The van der Waals surface area contributed by atoms with Crippen LogP contribution in [0.5, 0.6) is 0 Å². The van der Waals surface area contributed by atoms with Gasteiger partial charge in [-0.3, -0.25) is 0 Å². The van der Waals surface area contributed by atoms with Crippen molar-refractivity contribution in [3.05, 3.63) is 35.4 Å². The Hall–Kier alpha value is -0.820. The molecule has 0 aromatic heterocycles. The van der Waals surface area contributed by atoms with E-state index in [1.165, 1.54) is 56.1 Å². The number of hydrogen-bond acceptors (Lipinski definition) is 1. The van der Waals surface area contributed by atoms with Crippen molar-refractivity contribution < 1.29 is 5.11 Å². The largest absolute Gasteiger partial charge is 0.392 e. The van der Waals surface area contributed by atoms with Crippen LogP contribution in [0.2, 0.25) is 0 Å². The molecule has 0 spiro atoms. The summed E-state index contributed by atoms with van der Waals surface area (Å²) in [6.07, 6.45) is 11.0. The summed E-state index contributed by atoms with van der Waals surface area (Å²) < 4.78 is 0. The number of benzene rings is 1. The summed E-state index contributed by atoms with van der Waals surface area (Å²) in [4.78, 5) is 0. The lowest BCUT2D eigenvalue weighted by Crippen LogP contribution is -2.27. The van der Waals surface area contributed by atoms with E-state index in [1.54, 1.807) is 0 Å². The summed E-state index contributed by atoms with van der Waals surface area (Å²) in [5.41, 5.74) is 2.66. The Bertz CT molecular complexity index is 387. The smallest absolute Gasteiger partial charge is 0.0608 e. The Balaban J connectivity index is 1.77. The quantitative estimate of drug-likeness (QED) is 0.735. The Kier molecular flexibility index (Phi) is 6.76. The summed E-state index contributed by atoms with van der Waals surface area (Å²) >= 11 is 0. The second-order valence-corrected chi connectivity index (χ2v) is 6.86. The molecule has 1 aliphatic carbocycles. The van der Waals surface area contributed by atoms with Crippen LogP contribution in [0.3, 0.4) is 0 Å². The monoisotopic (exact) mass is 288 g/mol. The molecule has 1 aromatic carbocycles. The molecule has 1 unspecified atom stereocenters. The molecule has 0 heterocycles. The Morgan fingerprint density at radius 3 is 2.19 bits per heavy atom. The van der Waals surface area contributed by atoms with Crippen molar-refractivity contribution in [2.45, 2.75) is 77.7 Å². The van der Waals surface area contributed by atoms with Crippen LogP contribution >= 0.6 is 0 Å². The van der Waals surface area contributed by atoms with Crippen LogP contribution in [0.4, 0.5) is 0 Å². The average molecular weight is 288 g/mol. The molecule has 1 atom stereocenters. The fourth-order valence-corrected chi connectivity index (χ4v) is 3.67. The van der Waals surface area contributed by atoms with Gasteiger partial charge < -0.3 is 5.11 Å². The highest BCUT2D eigenvalue weighted by Crippen LogP contribution is 2.34. The second kappa shape index (κ2) is 8.58. The zero-order chi connectivity index (χ0) is 15.1. The molecular formula is C20H32O. The molecule has 1 aromatic rings. The maximum absolute atomic E-state index is 10.5. The van der Waals surface area contributed by atoms with E-state index in [4.69, 9.17) is 0 Å². The van der Waals surface area contributed by atoms with Gasteiger partial charge in [0.05, 0.1) is 6.10 Å². The van der Waals surface area contributed by atoms with E-state index in [2.05, 4.69) is 38.1 Å². The first kappa shape index (κ1) is 16.5. The molecule has 1 nitrogen and oxygen atoms in total. The van der Waals surface area contributed by atoms with Gasteiger partial charge in [-0.1, -0.05) is 70.2 Å². The summed E-state index contributed by atoms with van der Waals surface area (Å²) in [7, 11) is 0. The van der Waals surface area contributed by atoms with Gasteiger partial charge in [-0.05, 0) is 48.6 Å². The van der Waals surface area contributed by atoms with Crippen LogP contribution in [0.25, 0.3) is 0 Å². The normalized spacial score (nSPS) is 24.0. The zero-order valence-corrected chi connectivity index (χ0v) is 13.9. The summed E-state index contributed by atoms with van der Waals surface area (Å²) in [6.45, 7) is 4.46. The van der Waals surface area contributed by atoms with E-state index in [9.17, 15) is 5.11 Å². The molecule has 1 N–H and O–H groups in total. The lowest BCUT2D eigenvalue weighted by molar-refractivity contribution is 0.0726. The average Bonchev–Trinajstić information content (AvgIpc) is 2.54. The molecule has 0 bridgehead atoms. The number of aliphatic hydroxyl groups excluding tert-OH is 1. The number of aliphatic hydroxyl groups is 1. The van der Waals surface area contributed by atoms with Crippen molar-refractivity contribution in [2.24, 2.45) is 11.8 Å². The van der Waals surface area contributed by atoms with Gasteiger partial charge in [0.25, 0.3) is 0 Å². The van der Waals surface area contributed by atoms with Crippen LogP contribution in [0, 0.1) is 11.8 Å². The minimum Gasteiger partial charge on any atom is -0.392 e.